The van der Waals surface area contributed by atoms with Gasteiger partial charge in [-0.15, -0.1) is 0 Å². The minimum absolute atomic E-state index is 0.342. The van der Waals surface area contributed by atoms with E-state index in [9.17, 15) is 14.4 Å². The summed E-state index contributed by atoms with van der Waals surface area (Å²) in [5, 5.41) is 1.79. The fraction of sp³-hybridized carbons (Fsp3) is 0.156. The van der Waals surface area contributed by atoms with E-state index in [1.54, 1.807) is 24.3 Å². The molecular weight excluding hydrogens is 478 g/mol. The molecule has 0 bridgehead atoms. The summed E-state index contributed by atoms with van der Waals surface area (Å²) < 4.78 is 11.4. The number of hydrogen-bond acceptors (Lipinski definition) is 5. The van der Waals surface area contributed by atoms with Gasteiger partial charge in [-0.1, -0.05) is 84.9 Å². The van der Waals surface area contributed by atoms with E-state index >= 15 is 0 Å². The normalized spacial score (nSPS) is 23.9. The quantitative estimate of drug-likeness (QED) is 0.214. The number of carbonyl (C=O) groups is 3. The molecule has 4 atom stereocenters. The molecule has 0 radical (unpaired) electrons. The standard InChI is InChI=1S/C32H23NO5/c1-37-25-14-8-7-13-24(25)33-30(34)26-22(18-9-3-2-4-10-18)17-23-21-16-15-19-11-5-6-12-20(19)29(21)38-32(36)27(23)28(26)31(33)35/h2-17,22,26-28H,1H3/t22-,26-,27-,28+/m1/s1. The van der Waals surface area contributed by atoms with E-state index in [-0.39, 0.29) is 5.91 Å². The number of rotatable bonds is 3. The average Bonchev–Trinajstić information content (AvgIpc) is 3.22. The largest absolute Gasteiger partial charge is 0.495 e. The number of para-hydroxylation sites is 2. The molecule has 0 saturated carbocycles. The van der Waals surface area contributed by atoms with Crippen molar-refractivity contribution in [1.82, 2.24) is 0 Å². The van der Waals surface area contributed by atoms with Crippen LogP contribution in [0.25, 0.3) is 16.3 Å². The van der Waals surface area contributed by atoms with E-state index in [1.807, 2.05) is 72.8 Å². The molecule has 38 heavy (non-hydrogen) atoms. The molecule has 0 spiro atoms. The van der Waals surface area contributed by atoms with Gasteiger partial charge in [0.15, 0.2) is 0 Å². The van der Waals surface area contributed by atoms with Gasteiger partial charge in [-0.25, -0.2) is 4.90 Å². The first-order chi connectivity index (χ1) is 18.6. The Kier molecular flexibility index (Phi) is 4.98. The second-order valence-corrected chi connectivity index (χ2v) is 9.86. The van der Waals surface area contributed by atoms with Crippen LogP contribution in [0, 0.1) is 17.8 Å². The summed E-state index contributed by atoms with van der Waals surface area (Å²) in [5.74, 6) is -3.28. The Morgan fingerprint density at radius 2 is 1.47 bits per heavy atom. The maximum absolute atomic E-state index is 14.1. The Morgan fingerprint density at radius 1 is 0.763 bits per heavy atom. The summed E-state index contributed by atoms with van der Waals surface area (Å²) in [6.45, 7) is 0. The van der Waals surface area contributed by atoms with E-state index < -0.39 is 35.5 Å². The highest BCUT2D eigenvalue weighted by atomic mass is 16.5. The third-order valence-corrected chi connectivity index (χ3v) is 8.00. The Morgan fingerprint density at radius 3 is 2.29 bits per heavy atom. The number of carbonyl (C=O) groups excluding carboxylic acids is 3. The number of fused-ring (bicyclic) bond motifs is 7. The number of allylic oxidation sites excluding steroid dienone is 1. The van der Waals surface area contributed by atoms with Gasteiger partial charge in [0.25, 0.3) is 0 Å². The van der Waals surface area contributed by atoms with E-state index in [0.717, 1.165) is 27.5 Å². The zero-order chi connectivity index (χ0) is 26.0. The van der Waals surface area contributed by atoms with Crippen molar-refractivity contribution in [2.24, 2.45) is 17.8 Å². The SMILES string of the molecule is COc1ccccc1N1C(=O)[C@@H]2[C@@H]3C(=O)Oc4c(ccc5ccccc45)C3=C[C@H](c3ccccc3)[C@H]2C1=O. The highest BCUT2D eigenvalue weighted by Gasteiger charge is 2.60. The third kappa shape index (κ3) is 3.10. The molecule has 3 aliphatic rings. The number of nitrogens with zero attached hydrogens (tertiary/aromatic N) is 1. The molecule has 2 heterocycles. The molecule has 0 unspecified atom stereocenters. The Labute approximate surface area is 219 Å². The second-order valence-electron chi connectivity index (χ2n) is 9.86. The van der Waals surface area contributed by atoms with Crippen molar-refractivity contribution in [3.8, 4) is 11.5 Å². The van der Waals surface area contributed by atoms with Crippen LogP contribution in [0.1, 0.15) is 17.0 Å². The topological polar surface area (TPSA) is 72.9 Å². The Balaban J connectivity index is 1.45. The van der Waals surface area contributed by atoms with Gasteiger partial charge in [-0.3, -0.25) is 14.4 Å². The predicted molar refractivity (Wildman–Crippen MR) is 143 cm³/mol. The third-order valence-electron chi connectivity index (χ3n) is 8.00. The number of anilines is 1. The second kappa shape index (κ2) is 8.42. The first-order valence-corrected chi connectivity index (χ1v) is 12.6. The fourth-order valence-electron chi connectivity index (χ4n) is 6.34. The summed E-state index contributed by atoms with van der Waals surface area (Å²) in [5.41, 5.74) is 2.81. The van der Waals surface area contributed by atoms with Crippen LogP contribution in [0.2, 0.25) is 0 Å². The minimum atomic E-state index is -0.898. The lowest BCUT2D eigenvalue weighted by atomic mass is 9.64. The van der Waals surface area contributed by atoms with Crippen molar-refractivity contribution in [3.05, 3.63) is 108 Å². The summed E-state index contributed by atoms with van der Waals surface area (Å²) in [7, 11) is 1.50. The van der Waals surface area contributed by atoms with E-state index in [2.05, 4.69) is 0 Å². The highest BCUT2D eigenvalue weighted by Crippen LogP contribution is 2.56. The molecule has 1 fully saturated rings. The minimum Gasteiger partial charge on any atom is -0.495 e. The lowest BCUT2D eigenvalue weighted by Crippen LogP contribution is -2.42. The van der Waals surface area contributed by atoms with Gasteiger partial charge in [-0.05, 0) is 28.7 Å². The smallest absolute Gasteiger partial charge is 0.319 e. The van der Waals surface area contributed by atoms with Crippen LogP contribution in [0.5, 0.6) is 11.5 Å². The van der Waals surface area contributed by atoms with Crippen LogP contribution in [0.15, 0.2) is 97.1 Å². The number of amides is 2. The number of benzene rings is 4. The van der Waals surface area contributed by atoms with Gasteiger partial charge in [0.2, 0.25) is 11.8 Å². The van der Waals surface area contributed by atoms with E-state index in [1.165, 1.54) is 12.0 Å². The van der Waals surface area contributed by atoms with Crippen LogP contribution in [-0.4, -0.2) is 24.9 Å². The first-order valence-electron chi connectivity index (χ1n) is 12.6. The fourth-order valence-corrected chi connectivity index (χ4v) is 6.34. The maximum Gasteiger partial charge on any atom is 0.319 e. The van der Waals surface area contributed by atoms with Gasteiger partial charge in [0.05, 0.1) is 30.6 Å². The number of methoxy groups -OCH3 is 1. The predicted octanol–water partition coefficient (Wildman–Crippen LogP) is 5.37. The molecule has 4 aromatic rings. The van der Waals surface area contributed by atoms with Gasteiger partial charge >= 0.3 is 5.97 Å². The lowest BCUT2D eigenvalue weighted by molar-refractivity contribution is -0.142. The van der Waals surface area contributed by atoms with Crippen LogP contribution >= 0.6 is 0 Å². The molecule has 1 aliphatic carbocycles. The summed E-state index contributed by atoms with van der Waals surface area (Å²) in [4.78, 5) is 43.1. The summed E-state index contributed by atoms with van der Waals surface area (Å²) in [6, 6.07) is 28.3. The molecule has 186 valence electrons. The van der Waals surface area contributed by atoms with Crippen molar-refractivity contribution in [3.63, 3.8) is 0 Å². The average molecular weight is 502 g/mol. The highest BCUT2D eigenvalue weighted by molar-refractivity contribution is 6.25. The van der Waals surface area contributed by atoms with Crippen molar-refractivity contribution in [2.75, 3.05) is 12.0 Å². The van der Waals surface area contributed by atoms with Gasteiger partial charge < -0.3 is 9.47 Å². The zero-order valence-corrected chi connectivity index (χ0v) is 20.5. The van der Waals surface area contributed by atoms with E-state index in [4.69, 9.17) is 9.47 Å². The molecule has 0 N–H and O–H groups in total. The van der Waals surface area contributed by atoms with Crippen molar-refractivity contribution < 1.29 is 23.9 Å². The van der Waals surface area contributed by atoms with E-state index in [0.29, 0.717) is 17.2 Å². The van der Waals surface area contributed by atoms with Crippen molar-refractivity contribution in [2.45, 2.75) is 5.92 Å². The zero-order valence-electron chi connectivity index (χ0n) is 20.5. The number of ether oxygens (including phenoxy) is 2. The molecular formula is C32H23NO5. The Hall–Kier alpha value is -4.71. The van der Waals surface area contributed by atoms with Crippen molar-refractivity contribution in [1.29, 1.82) is 0 Å². The number of esters is 1. The molecule has 7 rings (SSSR count). The van der Waals surface area contributed by atoms with Gasteiger partial charge in [0.1, 0.15) is 11.5 Å². The molecule has 2 amide bonds. The lowest BCUT2D eigenvalue weighted by Gasteiger charge is -2.38. The maximum atomic E-state index is 14.1. The molecule has 0 aromatic heterocycles. The van der Waals surface area contributed by atoms with Crippen LogP contribution < -0.4 is 14.4 Å². The Bertz CT molecular complexity index is 1670. The monoisotopic (exact) mass is 501 g/mol. The van der Waals surface area contributed by atoms with Crippen molar-refractivity contribution >= 4 is 39.8 Å². The molecule has 6 heteroatoms. The number of imide groups is 1. The molecule has 6 nitrogen and oxygen atoms in total. The summed E-state index contributed by atoms with van der Waals surface area (Å²) >= 11 is 0. The van der Waals surface area contributed by atoms with Crippen LogP contribution in [0.3, 0.4) is 0 Å². The van der Waals surface area contributed by atoms with Crippen LogP contribution in [-0.2, 0) is 14.4 Å². The van der Waals surface area contributed by atoms with Gasteiger partial charge in [0, 0.05) is 16.9 Å². The summed E-state index contributed by atoms with van der Waals surface area (Å²) in [6.07, 6.45) is 2.01. The first kappa shape index (κ1) is 22.5. The molecule has 1 saturated heterocycles. The molecule has 2 aliphatic heterocycles. The van der Waals surface area contributed by atoms with Crippen LogP contribution in [0.4, 0.5) is 5.69 Å². The number of hydrogen-bond donors (Lipinski definition) is 0. The molecule has 4 aromatic carbocycles. The van der Waals surface area contributed by atoms with Gasteiger partial charge in [-0.2, -0.15) is 0 Å².